The highest BCUT2D eigenvalue weighted by Gasteiger charge is 2.06. The summed E-state index contributed by atoms with van der Waals surface area (Å²) in [6.07, 6.45) is 7.13. The van der Waals surface area contributed by atoms with Gasteiger partial charge in [-0.2, -0.15) is 0 Å². The quantitative estimate of drug-likeness (QED) is 0.603. The van der Waals surface area contributed by atoms with Gasteiger partial charge in [-0.15, -0.1) is 0 Å². The SMILES string of the molecule is CC(=O)NC1C=C(C)C=CC1. The van der Waals surface area contributed by atoms with Crippen LogP contribution in [0.4, 0.5) is 0 Å². The van der Waals surface area contributed by atoms with E-state index < -0.39 is 0 Å². The molecular weight excluding hydrogens is 138 g/mol. The summed E-state index contributed by atoms with van der Waals surface area (Å²) >= 11 is 0. The van der Waals surface area contributed by atoms with Gasteiger partial charge in [0, 0.05) is 6.92 Å². The molecule has 1 aliphatic rings. The van der Waals surface area contributed by atoms with Crippen LogP contribution in [0.2, 0.25) is 0 Å². The Labute approximate surface area is 67.0 Å². The minimum Gasteiger partial charge on any atom is -0.350 e. The normalized spacial score (nSPS) is 22.7. The highest BCUT2D eigenvalue weighted by atomic mass is 16.1. The first-order valence-electron chi connectivity index (χ1n) is 3.80. The van der Waals surface area contributed by atoms with Gasteiger partial charge in [0.05, 0.1) is 6.04 Å². The average molecular weight is 151 g/mol. The molecule has 1 atom stereocenters. The largest absolute Gasteiger partial charge is 0.350 e. The van der Waals surface area contributed by atoms with Crippen LogP contribution < -0.4 is 5.32 Å². The number of nitrogens with one attached hydrogen (secondary N) is 1. The number of rotatable bonds is 1. The number of hydrogen-bond acceptors (Lipinski definition) is 1. The Morgan fingerprint density at radius 1 is 1.73 bits per heavy atom. The number of allylic oxidation sites excluding steroid dienone is 2. The minimum atomic E-state index is 0.0364. The topological polar surface area (TPSA) is 29.1 Å². The van der Waals surface area contributed by atoms with Gasteiger partial charge in [0.2, 0.25) is 5.91 Å². The molecule has 0 bridgehead atoms. The molecule has 0 aromatic carbocycles. The molecule has 2 heteroatoms. The summed E-state index contributed by atoms with van der Waals surface area (Å²) < 4.78 is 0. The van der Waals surface area contributed by atoms with Gasteiger partial charge in [0.1, 0.15) is 0 Å². The minimum absolute atomic E-state index is 0.0364. The number of carbonyl (C=O) groups excluding carboxylic acids is 1. The van der Waals surface area contributed by atoms with Gasteiger partial charge in [-0.25, -0.2) is 0 Å². The van der Waals surface area contributed by atoms with E-state index in [9.17, 15) is 4.79 Å². The maximum absolute atomic E-state index is 10.7. The first-order valence-corrected chi connectivity index (χ1v) is 3.80. The fourth-order valence-corrected chi connectivity index (χ4v) is 1.20. The van der Waals surface area contributed by atoms with Crippen molar-refractivity contribution in [1.29, 1.82) is 0 Å². The highest BCUT2D eigenvalue weighted by molar-refractivity contribution is 5.73. The maximum Gasteiger partial charge on any atom is 0.217 e. The Hall–Kier alpha value is -1.05. The second kappa shape index (κ2) is 3.37. The van der Waals surface area contributed by atoms with Crippen LogP contribution in [0, 0.1) is 0 Å². The lowest BCUT2D eigenvalue weighted by Gasteiger charge is -2.15. The summed E-state index contributed by atoms with van der Waals surface area (Å²) in [4.78, 5) is 10.7. The molecule has 11 heavy (non-hydrogen) atoms. The van der Waals surface area contributed by atoms with E-state index in [1.165, 1.54) is 5.57 Å². The summed E-state index contributed by atoms with van der Waals surface area (Å²) in [6, 6.07) is 0.206. The van der Waals surface area contributed by atoms with Gasteiger partial charge in [-0.3, -0.25) is 4.79 Å². The van der Waals surface area contributed by atoms with Crippen LogP contribution in [-0.4, -0.2) is 11.9 Å². The summed E-state index contributed by atoms with van der Waals surface area (Å²) in [7, 11) is 0. The molecule has 0 aliphatic heterocycles. The lowest BCUT2D eigenvalue weighted by molar-refractivity contribution is -0.119. The van der Waals surface area contributed by atoms with Crippen molar-refractivity contribution in [3.05, 3.63) is 23.8 Å². The van der Waals surface area contributed by atoms with Crippen LogP contribution in [0.1, 0.15) is 20.3 Å². The summed E-state index contributed by atoms with van der Waals surface area (Å²) in [6.45, 7) is 3.58. The highest BCUT2D eigenvalue weighted by Crippen LogP contribution is 2.09. The molecule has 0 fully saturated rings. The smallest absolute Gasteiger partial charge is 0.217 e. The predicted octanol–water partition coefficient (Wildman–Crippen LogP) is 1.40. The molecule has 0 spiro atoms. The fourth-order valence-electron chi connectivity index (χ4n) is 1.20. The van der Waals surface area contributed by atoms with Gasteiger partial charge in [0.25, 0.3) is 0 Å². The van der Waals surface area contributed by atoms with E-state index >= 15 is 0 Å². The van der Waals surface area contributed by atoms with Gasteiger partial charge >= 0.3 is 0 Å². The van der Waals surface area contributed by atoms with Gasteiger partial charge in [-0.05, 0) is 13.3 Å². The van der Waals surface area contributed by atoms with E-state index in [0.29, 0.717) is 0 Å². The van der Waals surface area contributed by atoms with Crippen LogP contribution in [0.15, 0.2) is 23.8 Å². The molecule has 1 unspecified atom stereocenters. The summed E-state index contributed by atoms with van der Waals surface area (Å²) in [5.74, 6) is 0.0364. The van der Waals surface area contributed by atoms with E-state index in [1.807, 2.05) is 6.92 Å². The third-order valence-electron chi connectivity index (χ3n) is 1.62. The first-order chi connectivity index (χ1) is 5.18. The van der Waals surface area contributed by atoms with Gasteiger partial charge < -0.3 is 5.32 Å². The standard InChI is InChI=1S/C9H13NO/c1-7-4-3-5-9(6-7)10-8(2)11/h3-4,6,9H,5H2,1-2H3,(H,10,11). The third-order valence-corrected chi connectivity index (χ3v) is 1.62. The Morgan fingerprint density at radius 3 is 3.00 bits per heavy atom. The number of hydrogen-bond donors (Lipinski definition) is 1. The molecule has 60 valence electrons. The van der Waals surface area contributed by atoms with E-state index in [2.05, 4.69) is 23.5 Å². The van der Waals surface area contributed by atoms with Crippen LogP contribution in [0.5, 0.6) is 0 Å². The lowest BCUT2D eigenvalue weighted by atomic mass is 10.0. The second-order valence-corrected chi connectivity index (χ2v) is 2.86. The van der Waals surface area contributed by atoms with E-state index in [4.69, 9.17) is 0 Å². The van der Waals surface area contributed by atoms with Crippen molar-refractivity contribution in [3.8, 4) is 0 Å². The van der Waals surface area contributed by atoms with Crippen LogP contribution in [0.25, 0.3) is 0 Å². The summed E-state index contributed by atoms with van der Waals surface area (Å²) in [5.41, 5.74) is 1.22. The molecule has 2 nitrogen and oxygen atoms in total. The van der Waals surface area contributed by atoms with E-state index in [0.717, 1.165) is 6.42 Å². The molecule has 1 rings (SSSR count). The molecule has 0 heterocycles. The Bertz CT molecular complexity index is 216. The van der Waals surface area contributed by atoms with Crippen LogP contribution in [-0.2, 0) is 4.79 Å². The zero-order valence-corrected chi connectivity index (χ0v) is 6.92. The molecule has 1 aliphatic carbocycles. The van der Waals surface area contributed by atoms with E-state index in [1.54, 1.807) is 6.92 Å². The average Bonchev–Trinajstić information content (AvgIpc) is 1.85. The van der Waals surface area contributed by atoms with Crippen molar-refractivity contribution in [2.75, 3.05) is 0 Å². The van der Waals surface area contributed by atoms with Crippen molar-refractivity contribution < 1.29 is 4.79 Å². The zero-order chi connectivity index (χ0) is 8.27. The third kappa shape index (κ3) is 2.58. The number of amides is 1. The zero-order valence-electron chi connectivity index (χ0n) is 6.92. The molecule has 1 amide bonds. The van der Waals surface area contributed by atoms with Crippen LogP contribution in [0.3, 0.4) is 0 Å². The predicted molar refractivity (Wildman–Crippen MR) is 45.1 cm³/mol. The fraction of sp³-hybridized carbons (Fsp3) is 0.444. The Kier molecular flexibility index (Phi) is 2.47. The van der Waals surface area contributed by atoms with Crippen molar-refractivity contribution in [2.24, 2.45) is 0 Å². The number of carbonyl (C=O) groups is 1. The molecule has 0 saturated carbocycles. The first kappa shape index (κ1) is 8.05. The van der Waals surface area contributed by atoms with Crippen LogP contribution >= 0.6 is 0 Å². The molecule has 0 saturated heterocycles. The molecule has 0 aromatic heterocycles. The molecule has 0 aromatic rings. The molecule has 1 N–H and O–H groups in total. The second-order valence-electron chi connectivity index (χ2n) is 2.86. The molecular formula is C9H13NO. The van der Waals surface area contributed by atoms with Gasteiger partial charge in [-0.1, -0.05) is 23.8 Å². The Morgan fingerprint density at radius 2 is 2.45 bits per heavy atom. The summed E-state index contributed by atoms with van der Waals surface area (Å²) in [5, 5.41) is 2.85. The van der Waals surface area contributed by atoms with E-state index in [-0.39, 0.29) is 11.9 Å². The maximum atomic E-state index is 10.7. The van der Waals surface area contributed by atoms with Crippen molar-refractivity contribution in [2.45, 2.75) is 26.3 Å². The van der Waals surface area contributed by atoms with Crippen molar-refractivity contribution in [1.82, 2.24) is 5.32 Å². The van der Waals surface area contributed by atoms with Crippen molar-refractivity contribution >= 4 is 5.91 Å². The Balaban J connectivity index is 2.50. The van der Waals surface area contributed by atoms with Gasteiger partial charge in [0.15, 0.2) is 0 Å². The van der Waals surface area contributed by atoms with Crippen molar-refractivity contribution in [3.63, 3.8) is 0 Å². The molecule has 0 radical (unpaired) electrons. The lowest BCUT2D eigenvalue weighted by Crippen LogP contribution is -2.31. The monoisotopic (exact) mass is 151 g/mol.